The molecule has 0 unspecified atom stereocenters. The van der Waals surface area contributed by atoms with Crippen molar-refractivity contribution in [2.45, 2.75) is 26.2 Å². The van der Waals surface area contributed by atoms with Gasteiger partial charge in [-0.1, -0.05) is 35.5 Å². The lowest BCUT2D eigenvalue weighted by Gasteiger charge is -2.38. The number of pyridine rings is 1. The van der Waals surface area contributed by atoms with Crippen LogP contribution in [0.25, 0.3) is 0 Å². The fourth-order valence-electron chi connectivity index (χ4n) is 2.97. The molecule has 0 bridgehead atoms. The molecule has 3 heterocycles. The van der Waals surface area contributed by atoms with Gasteiger partial charge in [-0.2, -0.15) is 0 Å². The lowest BCUT2D eigenvalue weighted by molar-refractivity contribution is 0.0497. The van der Waals surface area contributed by atoms with Crippen LogP contribution in [-0.4, -0.2) is 43.9 Å². The molecule has 138 valence electrons. The fraction of sp³-hybridized carbons (Fsp3) is 0.300. The first-order valence-corrected chi connectivity index (χ1v) is 8.93. The van der Waals surface area contributed by atoms with Gasteiger partial charge in [-0.25, -0.2) is 4.68 Å². The van der Waals surface area contributed by atoms with Gasteiger partial charge in [-0.05, 0) is 24.6 Å². The molecule has 1 fully saturated rings. The Kier molecular flexibility index (Phi) is 4.93. The summed E-state index contributed by atoms with van der Waals surface area (Å²) in [7, 11) is 0. The van der Waals surface area contributed by atoms with Crippen LogP contribution in [0.15, 0.2) is 54.9 Å². The molecule has 1 aliphatic heterocycles. The van der Waals surface area contributed by atoms with Crippen molar-refractivity contribution in [3.63, 3.8) is 0 Å². The fourth-order valence-corrected chi connectivity index (χ4v) is 2.97. The Morgan fingerprint density at radius 2 is 1.96 bits per heavy atom. The Labute approximate surface area is 157 Å². The second-order valence-corrected chi connectivity index (χ2v) is 6.72. The van der Waals surface area contributed by atoms with Gasteiger partial charge in [0.15, 0.2) is 0 Å². The van der Waals surface area contributed by atoms with Crippen LogP contribution in [0.4, 0.5) is 0 Å². The van der Waals surface area contributed by atoms with Crippen molar-refractivity contribution in [1.82, 2.24) is 24.9 Å². The first-order valence-electron chi connectivity index (χ1n) is 8.93. The van der Waals surface area contributed by atoms with Gasteiger partial charge in [-0.15, -0.1) is 5.10 Å². The van der Waals surface area contributed by atoms with Gasteiger partial charge in [-0.3, -0.25) is 9.78 Å². The molecule has 7 nitrogen and oxygen atoms in total. The van der Waals surface area contributed by atoms with E-state index in [-0.39, 0.29) is 11.9 Å². The van der Waals surface area contributed by atoms with Crippen molar-refractivity contribution in [3.8, 4) is 0 Å². The predicted molar refractivity (Wildman–Crippen MR) is 98.9 cm³/mol. The largest absolute Gasteiger partial charge is 0.370 e. The highest BCUT2D eigenvalue weighted by molar-refractivity contribution is 5.94. The monoisotopic (exact) mass is 363 g/mol. The number of rotatable bonds is 6. The summed E-state index contributed by atoms with van der Waals surface area (Å²) >= 11 is 0. The van der Waals surface area contributed by atoms with Crippen LogP contribution in [-0.2, 0) is 18.0 Å². The molecule has 1 saturated heterocycles. The average Bonchev–Trinajstić information content (AvgIpc) is 3.10. The zero-order valence-corrected chi connectivity index (χ0v) is 15.2. The van der Waals surface area contributed by atoms with Gasteiger partial charge >= 0.3 is 0 Å². The highest BCUT2D eigenvalue weighted by Gasteiger charge is 2.33. The summed E-state index contributed by atoms with van der Waals surface area (Å²) in [5.41, 5.74) is 3.44. The number of hydrogen-bond donors (Lipinski definition) is 0. The van der Waals surface area contributed by atoms with Crippen molar-refractivity contribution in [3.05, 3.63) is 77.4 Å². The quantitative estimate of drug-likeness (QED) is 0.672. The van der Waals surface area contributed by atoms with Crippen LogP contribution in [0.2, 0.25) is 0 Å². The number of hydrogen-bond acceptors (Lipinski definition) is 5. The van der Waals surface area contributed by atoms with Crippen molar-refractivity contribution in [2.75, 3.05) is 13.1 Å². The number of aryl methyl sites for hydroxylation is 1. The molecular weight excluding hydrogens is 342 g/mol. The van der Waals surface area contributed by atoms with E-state index in [1.54, 1.807) is 11.1 Å². The van der Waals surface area contributed by atoms with Crippen molar-refractivity contribution >= 4 is 5.91 Å². The van der Waals surface area contributed by atoms with Crippen LogP contribution < -0.4 is 0 Å². The first kappa shape index (κ1) is 17.4. The molecule has 3 aromatic rings. The number of benzene rings is 1. The minimum absolute atomic E-state index is 0.00489. The van der Waals surface area contributed by atoms with Gasteiger partial charge in [0.1, 0.15) is 5.69 Å². The van der Waals surface area contributed by atoms with Crippen molar-refractivity contribution in [1.29, 1.82) is 0 Å². The standard InChI is InChI=1S/C20H21N5O2/c1-15-7-8-17(9-21-15)20(26)24-11-19(12-24)25-10-18(22-23-25)14-27-13-16-5-3-2-4-6-16/h2-10,19H,11-14H2,1H3. The van der Waals surface area contributed by atoms with E-state index >= 15 is 0 Å². The van der Waals surface area contributed by atoms with E-state index in [2.05, 4.69) is 15.3 Å². The molecule has 0 aliphatic carbocycles. The Hall–Kier alpha value is -3.06. The van der Waals surface area contributed by atoms with Gasteiger partial charge in [0, 0.05) is 25.0 Å². The molecule has 0 spiro atoms. The SMILES string of the molecule is Cc1ccc(C(=O)N2CC(n3cc(COCc4ccccc4)nn3)C2)cn1. The second kappa shape index (κ2) is 7.67. The van der Waals surface area contributed by atoms with Gasteiger partial charge in [0.2, 0.25) is 0 Å². The molecule has 2 aromatic heterocycles. The van der Waals surface area contributed by atoms with E-state index in [4.69, 9.17) is 4.74 Å². The first-order chi connectivity index (χ1) is 13.2. The van der Waals surface area contributed by atoms with Crippen LogP contribution in [0.5, 0.6) is 0 Å². The normalized spacial score (nSPS) is 14.2. The van der Waals surface area contributed by atoms with Crippen LogP contribution in [0.3, 0.4) is 0 Å². The van der Waals surface area contributed by atoms with Crippen LogP contribution >= 0.6 is 0 Å². The summed E-state index contributed by atoms with van der Waals surface area (Å²) in [6.07, 6.45) is 3.52. The number of nitrogens with zero attached hydrogens (tertiary/aromatic N) is 5. The van der Waals surface area contributed by atoms with Crippen LogP contribution in [0.1, 0.15) is 33.4 Å². The third-order valence-corrected chi connectivity index (χ3v) is 4.60. The van der Waals surface area contributed by atoms with Crippen molar-refractivity contribution in [2.24, 2.45) is 0 Å². The molecule has 7 heteroatoms. The molecule has 1 amide bonds. The highest BCUT2D eigenvalue weighted by Crippen LogP contribution is 2.22. The van der Waals surface area contributed by atoms with E-state index in [0.717, 1.165) is 17.0 Å². The number of amides is 1. The summed E-state index contributed by atoms with van der Waals surface area (Å²) in [5.74, 6) is 0.00489. The number of ether oxygens (including phenoxy) is 1. The van der Waals surface area contributed by atoms with E-state index in [0.29, 0.717) is 31.9 Å². The lowest BCUT2D eigenvalue weighted by Crippen LogP contribution is -2.50. The summed E-state index contributed by atoms with van der Waals surface area (Å²) in [6.45, 7) is 4.11. The van der Waals surface area contributed by atoms with E-state index in [1.807, 2.05) is 60.3 Å². The van der Waals surface area contributed by atoms with E-state index in [1.165, 1.54) is 0 Å². The molecule has 27 heavy (non-hydrogen) atoms. The zero-order valence-electron chi connectivity index (χ0n) is 15.2. The third-order valence-electron chi connectivity index (χ3n) is 4.60. The Morgan fingerprint density at radius 3 is 2.70 bits per heavy atom. The average molecular weight is 363 g/mol. The van der Waals surface area contributed by atoms with E-state index in [9.17, 15) is 4.79 Å². The molecule has 0 saturated carbocycles. The summed E-state index contributed by atoms with van der Waals surface area (Å²) < 4.78 is 7.51. The highest BCUT2D eigenvalue weighted by atomic mass is 16.5. The summed E-state index contributed by atoms with van der Waals surface area (Å²) in [4.78, 5) is 18.4. The maximum Gasteiger partial charge on any atom is 0.255 e. The van der Waals surface area contributed by atoms with E-state index < -0.39 is 0 Å². The summed E-state index contributed by atoms with van der Waals surface area (Å²) in [5, 5.41) is 8.34. The summed E-state index contributed by atoms with van der Waals surface area (Å²) in [6, 6.07) is 13.8. The smallest absolute Gasteiger partial charge is 0.255 e. The predicted octanol–water partition coefficient (Wildman–Crippen LogP) is 2.40. The van der Waals surface area contributed by atoms with Gasteiger partial charge < -0.3 is 9.64 Å². The van der Waals surface area contributed by atoms with Crippen LogP contribution in [0, 0.1) is 6.92 Å². The number of likely N-dealkylation sites (tertiary alicyclic amines) is 1. The topological polar surface area (TPSA) is 73.1 Å². The minimum atomic E-state index is 0.00489. The molecule has 1 aliphatic rings. The minimum Gasteiger partial charge on any atom is -0.370 e. The Balaban J connectivity index is 1.26. The number of aromatic nitrogens is 4. The number of carbonyl (C=O) groups excluding carboxylic acids is 1. The molecular formula is C20H21N5O2. The maximum atomic E-state index is 12.4. The Morgan fingerprint density at radius 1 is 1.15 bits per heavy atom. The van der Waals surface area contributed by atoms with Gasteiger partial charge in [0.05, 0.1) is 31.0 Å². The molecule has 0 atom stereocenters. The number of carbonyl (C=O) groups is 1. The molecule has 1 aromatic carbocycles. The molecule has 4 rings (SSSR count). The lowest BCUT2D eigenvalue weighted by atomic mass is 10.1. The Bertz CT molecular complexity index is 902. The molecule has 0 radical (unpaired) electrons. The second-order valence-electron chi connectivity index (χ2n) is 6.72. The third kappa shape index (κ3) is 4.03. The molecule has 0 N–H and O–H groups in total. The van der Waals surface area contributed by atoms with Gasteiger partial charge in [0.25, 0.3) is 5.91 Å². The maximum absolute atomic E-state index is 12.4. The van der Waals surface area contributed by atoms with Crippen molar-refractivity contribution < 1.29 is 9.53 Å². The zero-order chi connectivity index (χ0) is 18.6.